The summed E-state index contributed by atoms with van der Waals surface area (Å²) < 4.78 is 5.24. The van der Waals surface area contributed by atoms with Crippen LogP contribution >= 0.6 is 11.3 Å². The van der Waals surface area contributed by atoms with Crippen LogP contribution in [0.25, 0.3) is 0 Å². The van der Waals surface area contributed by atoms with Crippen LogP contribution in [0.3, 0.4) is 0 Å². The van der Waals surface area contributed by atoms with Crippen molar-refractivity contribution in [1.29, 1.82) is 0 Å². The number of ether oxygens (including phenoxy) is 1. The maximum Gasteiger partial charge on any atom is 0.119 e. The molecule has 1 aromatic heterocycles. The highest BCUT2D eigenvalue weighted by molar-refractivity contribution is 7.10. The topological polar surface area (TPSA) is 35.2 Å². The zero-order valence-corrected chi connectivity index (χ0v) is 11.5. The van der Waals surface area contributed by atoms with Crippen molar-refractivity contribution in [2.45, 2.75) is 18.8 Å². The second-order valence-electron chi connectivity index (χ2n) is 4.34. The van der Waals surface area contributed by atoms with Crippen LogP contribution in [0.15, 0.2) is 41.8 Å². The summed E-state index contributed by atoms with van der Waals surface area (Å²) in [5, 5.41) is 2.11. The van der Waals surface area contributed by atoms with E-state index in [0.717, 1.165) is 18.6 Å². The standard InChI is InChI=1S/C15H19NOS/c1-17-14-5-2-4-12(10-14)7-8-13(11-16)15-6-3-9-18-15/h2-6,9-10,13H,7-8,11,16H2,1H3. The van der Waals surface area contributed by atoms with E-state index in [-0.39, 0.29) is 0 Å². The summed E-state index contributed by atoms with van der Waals surface area (Å²) in [5.74, 6) is 1.39. The van der Waals surface area contributed by atoms with Crippen LogP contribution in [0.4, 0.5) is 0 Å². The predicted octanol–water partition coefficient (Wildman–Crippen LogP) is 3.43. The lowest BCUT2D eigenvalue weighted by Gasteiger charge is -2.13. The minimum Gasteiger partial charge on any atom is -0.497 e. The molecule has 2 nitrogen and oxygen atoms in total. The van der Waals surface area contributed by atoms with E-state index in [1.807, 2.05) is 12.1 Å². The van der Waals surface area contributed by atoms with Crippen molar-refractivity contribution in [3.63, 3.8) is 0 Å². The van der Waals surface area contributed by atoms with Crippen LogP contribution in [0.2, 0.25) is 0 Å². The second kappa shape index (κ2) is 6.57. The number of hydrogen-bond donors (Lipinski definition) is 1. The number of thiophene rings is 1. The first-order valence-electron chi connectivity index (χ1n) is 6.20. The summed E-state index contributed by atoms with van der Waals surface area (Å²) in [6, 6.07) is 12.5. The third-order valence-corrected chi connectivity index (χ3v) is 4.18. The largest absolute Gasteiger partial charge is 0.497 e. The molecule has 2 aromatic rings. The summed E-state index contributed by atoms with van der Waals surface area (Å²) in [5.41, 5.74) is 7.18. The average Bonchev–Trinajstić information content (AvgIpc) is 2.94. The molecule has 1 heterocycles. The maximum atomic E-state index is 5.87. The Kier molecular flexibility index (Phi) is 4.79. The molecular weight excluding hydrogens is 242 g/mol. The summed E-state index contributed by atoms with van der Waals surface area (Å²) in [6.07, 6.45) is 2.13. The van der Waals surface area contributed by atoms with Crippen molar-refractivity contribution in [1.82, 2.24) is 0 Å². The first-order chi connectivity index (χ1) is 8.83. The first kappa shape index (κ1) is 13.1. The lowest BCUT2D eigenvalue weighted by Crippen LogP contribution is -2.12. The molecule has 1 aromatic carbocycles. The fraction of sp³-hybridized carbons (Fsp3) is 0.333. The van der Waals surface area contributed by atoms with Crippen LogP contribution in [0.1, 0.15) is 22.8 Å². The van der Waals surface area contributed by atoms with Gasteiger partial charge in [-0.1, -0.05) is 18.2 Å². The molecule has 0 aliphatic carbocycles. The highest BCUT2D eigenvalue weighted by atomic mass is 32.1. The predicted molar refractivity (Wildman–Crippen MR) is 77.4 cm³/mol. The summed E-state index contributed by atoms with van der Waals surface area (Å²) in [7, 11) is 1.70. The van der Waals surface area contributed by atoms with Crippen LogP contribution in [-0.4, -0.2) is 13.7 Å². The molecule has 0 aliphatic heterocycles. The SMILES string of the molecule is COc1cccc(CCC(CN)c2cccs2)c1. The van der Waals surface area contributed by atoms with Crippen molar-refractivity contribution in [2.24, 2.45) is 5.73 Å². The molecule has 2 rings (SSSR count). The van der Waals surface area contributed by atoms with Gasteiger partial charge >= 0.3 is 0 Å². The highest BCUT2D eigenvalue weighted by Crippen LogP contribution is 2.25. The summed E-state index contributed by atoms with van der Waals surface area (Å²) in [4.78, 5) is 1.39. The van der Waals surface area contributed by atoms with Crippen LogP contribution in [0, 0.1) is 0 Å². The van der Waals surface area contributed by atoms with Gasteiger partial charge in [-0.05, 0) is 48.5 Å². The minimum absolute atomic E-state index is 0.469. The fourth-order valence-corrected chi connectivity index (χ4v) is 2.95. The molecule has 18 heavy (non-hydrogen) atoms. The van der Waals surface area contributed by atoms with E-state index in [9.17, 15) is 0 Å². The molecule has 1 unspecified atom stereocenters. The molecular formula is C15H19NOS. The number of hydrogen-bond acceptors (Lipinski definition) is 3. The van der Waals surface area contributed by atoms with E-state index < -0.39 is 0 Å². The van der Waals surface area contributed by atoms with Gasteiger partial charge in [0.1, 0.15) is 5.75 Å². The molecule has 0 amide bonds. The van der Waals surface area contributed by atoms with E-state index in [0.29, 0.717) is 12.5 Å². The van der Waals surface area contributed by atoms with Crippen molar-refractivity contribution < 1.29 is 4.74 Å². The quantitative estimate of drug-likeness (QED) is 0.864. The Morgan fingerprint density at radius 3 is 2.83 bits per heavy atom. The fourth-order valence-electron chi connectivity index (χ4n) is 2.07. The highest BCUT2D eigenvalue weighted by Gasteiger charge is 2.10. The lowest BCUT2D eigenvalue weighted by molar-refractivity contribution is 0.414. The van der Waals surface area contributed by atoms with E-state index >= 15 is 0 Å². The van der Waals surface area contributed by atoms with Crippen molar-refractivity contribution in [3.8, 4) is 5.75 Å². The van der Waals surface area contributed by atoms with Crippen LogP contribution in [0.5, 0.6) is 5.75 Å². The van der Waals surface area contributed by atoms with Gasteiger partial charge in [0.05, 0.1) is 7.11 Å². The lowest BCUT2D eigenvalue weighted by atomic mass is 9.98. The maximum absolute atomic E-state index is 5.87. The van der Waals surface area contributed by atoms with Gasteiger partial charge in [0, 0.05) is 10.8 Å². The van der Waals surface area contributed by atoms with Gasteiger partial charge in [-0.15, -0.1) is 11.3 Å². The Labute approximate surface area is 112 Å². The zero-order valence-electron chi connectivity index (χ0n) is 10.6. The van der Waals surface area contributed by atoms with E-state index in [4.69, 9.17) is 10.5 Å². The number of methoxy groups -OCH3 is 1. The monoisotopic (exact) mass is 261 g/mol. The van der Waals surface area contributed by atoms with Crippen LogP contribution < -0.4 is 10.5 Å². The Morgan fingerprint density at radius 1 is 1.28 bits per heavy atom. The Morgan fingerprint density at radius 2 is 2.17 bits per heavy atom. The third-order valence-electron chi connectivity index (χ3n) is 3.15. The van der Waals surface area contributed by atoms with Gasteiger partial charge in [-0.3, -0.25) is 0 Å². The zero-order chi connectivity index (χ0) is 12.8. The number of aryl methyl sites for hydroxylation is 1. The smallest absolute Gasteiger partial charge is 0.119 e. The molecule has 0 spiro atoms. The Hall–Kier alpha value is -1.32. The summed E-state index contributed by atoms with van der Waals surface area (Å²) in [6.45, 7) is 0.713. The van der Waals surface area contributed by atoms with Crippen molar-refractivity contribution >= 4 is 11.3 Å². The third kappa shape index (κ3) is 3.34. The van der Waals surface area contributed by atoms with Gasteiger partial charge in [0.2, 0.25) is 0 Å². The number of rotatable bonds is 6. The Bertz CT molecular complexity index is 467. The normalized spacial score (nSPS) is 12.3. The molecule has 96 valence electrons. The molecule has 0 radical (unpaired) electrons. The van der Waals surface area contributed by atoms with E-state index in [2.05, 4.69) is 29.6 Å². The van der Waals surface area contributed by atoms with Gasteiger partial charge in [0.25, 0.3) is 0 Å². The first-order valence-corrected chi connectivity index (χ1v) is 7.08. The average molecular weight is 261 g/mol. The molecule has 3 heteroatoms. The Balaban J connectivity index is 1.97. The molecule has 2 N–H and O–H groups in total. The minimum atomic E-state index is 0.469. The molecule has 0 fully saturated rings. The molecule has 0 aliphatic rings. The van der Waals surface area contributed by atoms with Crippen LogP contribution in [-0.2, 0) is 6.42 Å². The van der Waals surface area contributed by atoms with Gasteiger partial charge in [-0.2, -0.15) is 0 Å². The molecule has 1 atom stereocenters. The van der Waals surface area contributed by atoms with Crippen molar-refractivity contribution in [3.05, 3.63) is 52.2 Å². The van der Waals surface area contributed by atoms with Crippen molar-refractivity contribution in [2.75, 3.05) is 13.7 Å². The second-order valence-corrected chi connectivity index (χ2v) is 5.32. The molecule has 0 saturated heterocycles. The molecule has 0 bridgehead atoms. The van der Waals surface area contributed by atoms with Gasteiger partial charge < -0.3 is 10.5 Å². The number of nitrogens with two attached hydrogens (primary N) is 1. The van der Waals surface area contributed by atoms with Gasteiger partial charge in [0.15, 0.2) is 0 Å². The number of benzene rings is 1. The van der Waals surface area contributed by atoms with E-state index in [1.165, 1.54) is 10.4 Å². The van der Waals surface area contributed by atoms with E-state index in [1.54, 1.807) is 18.4 Å². The summed E-state index contributed by atoms with van der Waals surface area (Å²) >= 11 is 1.79. The molecule has 0 saturated carbocycles. The van der Waals surface area contributed by atoms with Gasteiger partial charge in [-0.25, -0.2) is 0 Å².